The molecule has 3 atom stereocenters. The first-order chi connectivity index (χ1) is 18.2. The van der Waals surface area contributed by atoms with Gasteiger partial charge in [0.25, 0.3) is 0 Å². The third-order valence-electron chi connectivity index (χ3n) is 6.89. The van der Waals surface area contributed by atoms with Crippen molar-refractivity contribution in [1.29, 1.82) is 0 Å². The van der Waals surface area contributed by atoms with Crippen LogP contribution in [0.4, 0.5) is 0 Å². The lowest BCUT2D eigenvalue weighted by Crippen LogP contribution is -2.34. The van der Waals surface area contributed by atoms with Crippen molar-refractivity contribution in [2.45, 2.75) is 54.9 Å². The molecule has 2 aliphatic heterocycles. The largest absolute Gasteiger partial charge is 0.497 e. The third kappa shape index (κ3) is 7.55. The molecular weight excluding hydrogens is 500 g/mol. The molecule has 0 aliphatic carbocycles. The summed E-state index contributed by atoms with van der Waals surface area (Å²) >= 11 is 4.12. The maximum Gasteiger partial charge on any atom is 0.118 e. The average molecular weight is 537 g/mol. The Kier molecular flexibility index (Phi) is 9.51. The highest BCUT2D eigenvalue weighted by molar-refractivity contribution is 8.18. The van der Waals surface area contributed by atoms with Gasteiger partial charge in [-0.05, 0) is 46.7 Å². The van der Waals surface area contributed by atoms with E-state index in [1.807, 2.05) is 12.1 Å². The molecule has 0 saturated carbocycles. The minimum atomic E-state index is -0.0553. The molecule has 3 aromatic rings. The summed E-state index contributed by atoms with van der Waals surface area (Å²) in [6.45, 7) is 1.94. The predicted molar refractivity (Wildman–Crippen MR) is 153 cm³/mol. The van der Waals surface area contributed by atoms with E-state index in [2.05, 4.69) is 96.3 Å². The van der Waals surface area contributed by atoms with Crippen molar-refractivity contribution in [3.8, 4) is 5.75 Å². The normalized spacial score (nSPS) is 20.2. The van der Waals surface area contributed by atoms with Crippen molar-refractivity contribution >= 4 is 23.5 Å². The first kappa shape index (κ1) is 26.6. The van der Waals surface area contributed by atoms with Crippen LogP contribution in [0.5, 0.6) is 5.75 Å². The Morgan fingerprint density at radius 1 is 0.838 bits per heavy atom. The lowest BCUT2D eigenvalue weighted by atomic mass is 9.99. The lowest BCUT2D eigenvalue weighted by molar-refractivity contribution is -0.0423. The van der Waals surface area contributed by atoms with Crippen molar-refractivity contribution in [3.05, 3.63) is 102 Å². The highest BCUT2D eigenvalue weighted by atomic mass is 32.2. The molecule has 6 heteroatoms. The Bertz CT molecular complexity index is 1070. The summed E-state index contributed by atoms with van der Waals surface area (Å²) in [7, 11) is 1.72. The number of rotatable bonds is 13. The Morgan fingerprint density at radius 3 is 2.00 bits per heavy atom. The van der Waals surface area contributed by atoms with Gasteiger partial charge in [0.05, 0.1) is 43.2 Å². The summed E-state index contributed by atoms with van der Waals surface area (Å²) in [6, 6.07) is 29.5. The molecule has 0 spiro atoms. The van der Waals surface area contributed by atoms with Crippen LogP contribution in [-0.4, -0.2) is 43.5 Å². The van der Waals surface area contributed by atoms with E-state index in [1.165, 1.54) is 23.1 Å². The van der Waals surface area contributed by atoms with Crippen LogP contribution >= 0.6 is 23.5 Å². The van der Waals surface area contributed by atoms with Gasteiger partial charge >= 0.3 is 0 Å². The maximum atomic E-state index is 6.70. The number of thioether (sulfide) groups is 2. The molecule has 2 aliphatic rings. The van der Waals surface area contributed by atoms with Gasteiger partial charge < -0.3 is 18.9 Å². The fourth-order valence-electron chi connectivity index (χ4n) is 4.75. The summed E-state index contributed by atoms with van der Waals surface area (Å²) in [5, 5.41) is 0. The van der Waals surface area contributed by atoms with Crippen molar-refractivity contribution < 1.29 is 18.9 Å². The van der Waals surface area contributed by atoms with Crippen molar-refractivity contribution in [1.82, 2.24) is 0 Å². The molecule has 0 unspecified atom stereocenters. The zero-order chi connectivity index (χ0) is 25.3. The smallest absolute Gasteiger partial charge is 0.118 e. The van der Waals surface area contributed by atoms with E-state index in [1.54, 1.807) is 7.11 Å². The summed E-state index contributed by atoms with van der Waals surface area (Å²) < 4.78 is 24.3. The molecule has 0 bridgehead atoms. The second-order valence-electron chi connectivity index (χ2n) is 9.60. The Morgan fingerprint density at radius 2 is 1.43 bits per heavy atom. The highest BCUT2D eigenvalue weighted by Crippen LogP contribution is 2.54. The van der Waals surface area contributed by atoms with Crippen molar-refractivity contribution in [2.24, 2.45) is 0 Å². The molecule has 196 valence electrons. The van der Waals surface area contributed by atoms with E-state index >= 15 is 0 Å². The second kappa shape index (κ2) is 13.2. The van der Waals surface area contributed by atoms with Gasteiger partial charge in [-0.25, -0.2) is 0 Å². The fraction of sp³-hybridized carbons (Fsp3) is 0.419. The first-order valence-corrected chi connectivity index (χ1v) is 15.1. The van der Waals surface area contributed by atoms with Gasteiger partial charge in [0, 0.05) is 12.8 Å². The van der Waals surface area contributed by atoms with E-state index < -0.39 is 0 Å². The Hall–Kier alpha value is -1.96. The van der Waals surface area contributed by atoms with Crippen molar-refractivity contribution in [3.63, 3.8) is 0 Å². The van der Waals surface area contributed by atoms with Crippen LogP contribution in [0.1, 0.15) is 36.0 Å². The summed E-state index contributed by atoms with van der Waals surface area (Å²) in [6.07, 6.45) is 3.15. The zero-order valence-electron chi connectivity index (χ0n) is 21.4. The number of hydrogen-bond donors (Lipinski definition) is 0. The first-order valence-electron chi connectivity index (χ1n) is 13.1. The summed E-state index contributed by atoms with van der Waals surface area (Å²) in [5.74, 6) is 3.20. The van der Waals surface area contributed by atoms with E-state index in [-0.39, 0.29) is 22.4 Å². The number of epoxide rings is 1. The molecule has 5 rings (SSSR count). The second-order valence-corrected chi connectivity index (χ2v) is 12.6. The molecule has 2 heterocycles. The molecule has 0 aromatic heterocycles. The maximum absolute atomic E-state index is 6.70. The number of benzene rings is 3. The van der Waals surface area contributed by atoms with Crippen molar-refractivity contribution in [2.75, 3.05) is 25.2 Å². The molecule has 2 saturated heterocycles. The van der Waals surface area contributed by atoms with Gasteiger partial charge in [0.15, 0.2) is 0 Å². The molecule has 3 aromatic carbocycles. The standard InChI is InChI=1S/C31H36O4S2/c1-32-27-15-13-26(14-16-27)31(36-17-8-18-37-31)20-28(33-21-24-9-4-2-5-10-24)19-29(30-23-35-30)34-22-25-11-6-3-7-12-25/h2-7,9-16,28-30H,8,17-23H2,1H3/t28-,29+,30-/m1/s1. The minimum absolute atomic E-state index is 0.00693. The molecule has 2 fully saturated rings. The quantitative estimate of drug-likeness (QED) is 0.218. The Balaban J connectivity index is 1.35. The van der Waals surface area contributed by atoms with E-state index in [9.17, 15) is 0 Å². The topological polar surface area (TPSA) is 40.2 Å². The average Bonchev–Trinajstić information content (AvgIpc) is 3.81. The Labute approximate surface area is 229 Å². The van der Waals surface area contributed by atoms with Gasteiger partial charge in [-0.2, -0.15) is 0 Å². The monoisotopic (exact) mass is 536 g/mol. The molecule has 4 nitrogen and oxygen atoms in total. The van der Waals surface area contributed by atoms with Gasteiger partial charge in [-0.15, -0.1) is 23.5 Å². The zero-order valence-corrected chi connectivity index (χ0v) is 23.1. The molecule has 37 heavy (non-hydrogen) atoms. The van der Waals surface area contributed by atoms with Crippen LogP contribution in [-0.2, 0) is 31.5 Å². The van der Waals surface area contributed by atoms with Gasteiger partial charge in [-0.1, -0.05) is 72.8 Å². The van der Waals surface area contributed by atoms with E-state index in [0.717, 1.165) is 36.7 Å². The van der Waals surface area contributed by atoms with Crippen LogP contribution in [0.3, 0.4) is 0 Å². The van der Waals surface area contributed by atoms with Gasteiger partial charge in [0.1, 0.15) is 11.9 Å². The number of ether oxygens (including phenoxy) is 4. The fourth-order valence-corrected chi connectivity index (χ4v) is 8.22. The van der Waals surface area contributed by atoms with E-state index in [0.29, 0.717) is 13.2 Å². The van der Waals surface area contributed by atoms with E-state index in [4.69, 9.17) is 18.9 Å². The molecule has 0 radical (unpaired) electrons. The summed E-state index contributed by atoms with van der Waals surface area (Å²) in [5.41, 5.74) is 3.71. The minimum Gasteiger partial charge on any atom is -0.497 e. The lowest BCUT2D eigenvalue weighted by Gasteiger charge is -2.39. The van der Waals surface area contributed by atoms with Gasteiger partial charge in [-0.3, -0.25) is 0 Å². The molecule has 0 amide bonds. The summed E-state index contributed by atoms with van der Waals surface area (Å²) in [4.78, 5) is 0. The van der Waals surface area contributed by atoms with Crippen LogP contribution in [0.25, 0.3) is 0 Å². The number of hydrogen-bond acceptors (Lipinski definition) is 6. The van der Waals surface area contributed by atoms with Crippen LogP contribution in [0.2, 0.25) is 0 Å². The predicted octanol–water partition coefficient (Wildman–Crippen LogP) is 7.07. The number of methoxy groups -OCH3 is 1. The molecule has 0 N–H and O–H groups in total. The van der Waals surface area contributed by atoms with Crippen LogP contribution < -0.4 is 4.74 Å². The van der Waals surface area contributed by atoms with Crippen LogP contribution in [0.15, 0.2) is 84.9 Å². The highest BCUT2D eigenvalue weighted by Gasteiger charge is 2.41. The molecular formula is C31H36O4S2. The SMILES string of the molecule is COc1ccc(C2(C[C@@H](C[C@H](OCc3ccccc3)[C@H]3CO3)OCc3ccccc3)SCCCS2)cc1. The van der Waals surface area contributed by atoms with Gasteiger partial charge in [0.2, 0.25) is 0 Å². The third-order valence-corrected chi connectivity index (χ3v) is 10.3. The van der Waals surface area contributed by atoms with Crippen LogP contribution in [0, 0.1) is 0 Å².